The lowest BCUT2D eigenvalue weighted by atomic mass is 9.98. The Hall–Kier alpha value is -1.11. The van der Waals surface area contributed by atoms with Crippen LogP contribution in [0, 0.1) is 0 Å². The third kappa shape index (κ3) is 2.19. The molecule has 0 saturated heterocycles. The first-order chi connectivity index (χ1) is 5.50. The zero-order valence-corrected chi connectivity index (χ0v) is 7.63. The van der Waals surface area contributed by atoms with E-state index in [0.29, 0.717) is 0 Å². The van der Waals surface area contributed by atoms with Gasteiger partial charge in [-0.2, -0.15) is 0 Å². The van der Waals surface area contributed by atoms with Crippen molar-refractivity contribution in [3.05, 3.63) is 29.5 Å². The molecule has 64 valence electrons. The smallest absolute Gasteiger partial charge is 0.0847 e. The van der Waals surface area contributed by atoms with Gasteiger partial charge in [-0.1, -0.05) is 6.08 Å². The van der Waals surface area contributed by atoms with Crippen molar-refractivity contribution in [2.75, 3.05) is 0 Å². The molecule has 1 aliphatic heterocycles. The van der Waals surface area contributed by atoms with Gasteiger partial charge in [0, 0.05) is 11.8 Å². The molecule has 0 aromatic rings. The van der Waals surface area contributed by atoms with E-state index in [1.807, 2.05) is 19.1 Å². The van der Waals surface area contributed by atoms with E-state index in [1.54, 1.807) is 19.9 Å². The summed E-state index contributed by atoms with van der Waals surface area (Å²) < 4.78 is 0. The van der Waals surface area contributed by atoms with E-state index < -0.39 is 5.60 Å². The topological polar surface area (TPSA) is 32.6 Å². The van der Waals surface area contributed by atoms with E-state index in [0.717, 1.165) is 11.3 Å². The average Bonchev–Trinajstić information content (AvgIpc) is 2.11. The second-order valence-electron chi connectivity index (χ2n) is 3.37. The lowest BCUT2D eigenvalue weighted by Gasteiger charge is -2.17. The Kier molecular flexibility index (Phi) is 2.32. The second-order valence-corrected chi connectivity index (χ2v) is 3.37. The number of hydrogen-bond donors (Lipinski definition) is 1. The van der Waals surface area contributed by atoms with Gasteiger partial charge in [0.15, 0.2) is 0 Å². The van der Waals surface area contributed by atoms with Gasteiger partial charge in [-0.3, -0.25) is 0 Å². The summed E-state index contributed by atoms with van der Waals surface area (Å²) in [5.74, 6) is 2.76. The molecule has 12 heavy (non-hydrogen) atoms. The molecule has 1 heterocycles. The average molecular weight is 163 g/mol. The fourth-order valence-electron chi connectivity index (χ4n) is 0.880. The highest BCUT2D eigenvalue weighted by Crippen LogP contribution is 2.17. The van der Waals surface area contributed by atoms with Gasteiger partial charge in [-0.05, 0) is 38.3 Å². The zero-order valence-electron chi connectivity index (χ0n) is 7.63. The monoisotopic (exact) mass is 163 g/mol. The lowest BCUT2D eigenvalue weighted by molar-refractivity contribution is 0.124. The van der Waals surface area contributed by atoms with Crippen LogP contribution >= 0.6 is 0 Å². The van der Waals surface area contributed by atoms with E-state index in [9.17, 15) is 5.11 Å². The van der Waals surface area contributed by atoms with Crippen LogP contribution in [-0.4, -0.2) is 16.6 Å². The van der Waals surface area contributed by atoms with Gasteiger partial charge in [-0.25, -0.2) is 4.99 Å². The molecule has 0 amide bonds. The van der Waals surface area contributed by atoms with Gasteiger partial charge < -0.3 is 5.11 Å². The molecule has 2 heteroatoms. The van der Waals surface area contributed by atoms with Crippen molar-refractivity contribution in [2.24, 2.45) is 4.99 Å². The van der Waals surface area contributed by atoms with Crippen LogP contribution in [0.15, 0.2) is 34.5 Å². The molecule has 1 aliphatic rings. The number of aliphatic imine (C=N–C) groups is 1. The van der Waals surface area contributed by atoms with Crippen molar-refractivity contribution >= 4 is 5.87 Å². The molecule has 0 spiro atoms. The van der Waals surface area contributed by atoms with E-state index in [2.05, 4.69) is 10.9 Å². The predicted octanol–water partition coefficient (Wildman–Crippen LogP) is 1.83. The van der Waals surface area contributed by atoms with E-state index in [1.165, 1.54) is 0 Å². The molecule has 1 rings (SSSR count). The van der Waals surface area contributed by atoms with Crippen molar-refractivity contribution in [3.8, 4) is 0 Å². The van der Waals surface area contributed by atoms with Crippen molar-refractivity contribution in [2.45, 2.75) is 26.4 Å². The van der Waals surface area contributed by atoms with Crippen LogP contribution in [0.1, 0.15) is 20.8 Å². The minimum absolute atomic E-state index is 0.816. The maximum absolute atomic E-state index is 9.64. The van der Waals surface area contributed by atoms with Gasteiger partial charge in [0.25, 0.3) is 0 Å². The molecule has 0 fully saturated rings. The molecule has 0 aromatic carbocycles. The molecular formula is C10H13NO. The molecule has 0 saturated carbocycles. The highest BCUT2D eigenvalue weighted by molar-refractivity contribution is 5.62. The van der Waals surface area contributed by atoms with Crippen LogP contribution in [0.4, 0.5) is 0 Å². The number of aliphatic hydroxyl groups is 1. The summed E-state index contributed by atoms with van der Waals surface area (Å²) in [5.41, 5.74) is 0.900. The normalized spacial score (nSPS) is 17.0. The van der Waals surface area contributed by atoms with Crippen molar-refractivity contribution in [3.63, 3.8) is 0 Å². The number of nitrogens with zero attached hydrogens (tertiary/aromatic N) is 1. The number of allylic oxidation sites excluding steroid dienone is 3. The Morgan fingerprint density at radius 2 is 2.08 bits per heavy atom. The maximum Gasteiger partial charge on any atom is 0.0847 e. The fraction of sp³-hybridized carbons (Fsp3) is 0.400. The third-order valence-electron chi connectivity index (χ3n) is 1.67. The van der Waals surface area contributed by atoms with Gasteiger partial charge >= 0.3 is 0 Å². The summed E-state index contributed by atoms with van der Waals surface area (Å²) in [6.07, 6.45) is 5.43. The summed E-state index contributed by atoms with van der Waals surface area (Å²) in [4.78, 5) is 3.98. The first-order valence-electron chi connectivity index (χ1n) is 3.91. The van der Waals surface area contributed by atoms with Gasteiger partial charge in [0.05, 0.1) is 5.60 Å². The second kappa shape index (κ2) is 3.10. The Balaban J connectivity index is 3.04. The molecule has 2 nitrogen and oxygen atoms in total. The van der Waals surface area contributed by atoms with E-state index in [-0.39, 0.29) is 0 Å². The standard InChI is InChI=1S/C10H13NO/c1-8-4-5-9(6-7-11-8)10(2,3)12/h4-6,12H,1-3H3. The Bertz CT molecular complexity index is 296. The molecule has 0 aromatic heterocycles. The molecular weight excluding hydrogens is 150 g/mol. The third-order valence-corrected chi connectivity index (χ3v) is 1.67. The first-order valence-corrected chi connectivity index (χ1v) is 3.91. The molecule has 0 atom stereocenters. The quantitative estimate of drug-likeness (QED) is 0.628. The molecule has 0 aliphatic carbocycles. The van der Waals surface area contributed by atoms with Gasteiger partial charge in [0.2, 0.25) is 0 Å². The minimum atomic E-state index is -0.816. The fourth-order valence-corrected chi connectivity index (χ4v) is 0.880. The zero-order chi connectivity index (χ0) is 9.19. The number of rotatable bonds is 1. The largest absolute Gasteiger partial charge is 0.386 e. The van der Waals surface area contributed by atoms with Crippen LogP contribution in [0.2, 0.25) is 0 Å². The Morgan fingerprint density at radius 1 is 1.42 bits per heavy atom. The molecule has 0 bridgehead atoms. The van der Waals surface area contributed by atoms with Crippen LogP contribution in [0.25, 0.3) is 0 Å². The van der Waals surface area contributed by atoms with Crippen LogP contribution in [-0.2, 0) is 0 Å². The van der Waals surface area contributed by atoms with Crippen molar-refractivity contribution in [1.29, 1.82) is 0 Å². The highest BCUT2D eigenvalue weighted by Gasteiger charge is 2.16. The summed E-state index contributed by atoms with van der Waals surface area (Å²) >= 11 is 0. The van der Waals surface area contributed by atoms with Crippen LogP contribution < -0.4 is 0 Å². The highest BCUT2D eigenvalue weighted by atomic mass is 16.3. The Labute approximate surface area is 72.6 Å². The Morgan fingerprint density at radius 3 is 2.67 bits per heavy atom. The van der Waals surface area contributed by atoms with Crippen LogP contribution in [0.5, 0.6) is 0 Å². The van der Waals surface area contributed by atoms with E-state index >= 15 is 0 Å². The summed E-state index contributed by atoms with van der Waals surface area (Å²) in [6, 6.07) is 0. The molecule has 0 radical (unpaired) electrons. The van der Waals surface area contributed by atoms with Crippen molar-refractivity contribution < 1.29 is 5.11 Å². The summed E-state index contributed by atoms with van der Waals surface area (Å²) in [7, 11) is 0. The van der Waals surface area contributed by atoms with E-state index in [4.69, 9.17) is 0 Å². The van der Waals surface area contributed by atoms with Gasteiger partial charge in [0.1, 0.15) is 0 Å². The molecule has 0 unspecified atom stereocenters. The minimum Gasteiger partial charge on any atom is -0.386 e. The van der Waals surface area contributed by atoms with Gasteiger partial charge in [-0.15, -0.1) is 0 Å². The van der Waals surface area contributed by atoms with Crippen LogP contribution in [0.3, 0.4) is 0 Å². The lowest BCUT2D eigenvalue weighted by Crippen LogP contribution is -2.20. The molecule has 1 N–H and O–H groups in total. The van der Waals surface area contributed by atoms with Crippen molar-refractivity contribution in [1.82, 2.24) is 0 Å². The SMILES string of the molecule is CC1=CC=C(C(C)(C)O)C=C=N1. The summed E-state index contributed by atoms with van der Waals surface area (Å²) in [5, 5.41) is 9.64. The predicted molar refractivity (Wildman–Crippen MR) is 50.1 cm³/mol. The first kappa shape index (κ1) is 8.98. The maximum atomic E-state index is 9.64. The number of hydrogen-bond acceptors (Lipinski definition) is 2. The summed E-state index contributed by atoms with van der Waals surface area (Å²) in [6.45, 7) is 5.38.